The first-order chi connectivity index (χ1) is 4.25. The van der Waals surface area contributed by atoms with Crippen LogP contribution >= 0.6 is 0 Å². The van der Waals surface area contributed by atoms with Crippen molar-refractivity contribution in [2.75, 3.05) is 0 Å². The van der Waals surface area contributed by atoms with E-state index in [9.17, 15) is 4.79 Å². The van der Waals surface area contributed by atoms with Crippen molar-refractivity contribution in [2.24, 2.45) is 5.41 Å². The van der Waals surface area contributed by atoms with Gasteiger partial charge in [-0.1, -0.05) is 13.0 Å². The van der Waals surface area contributed by atoms with E-state index >= 15 is 0 Å². The van der Waals surface area contributed by atoms with Gasteiger partial charge in [-0.05, 0) is 12.8 Å². The van der Waals surface area contributed by atoms with E-state index in [-0.39, 0.29) is 5.41 Å². The molecule has 0 N–H and O–H groups in total. The Morgan fingerprint density at radius 3 is 2.56 bits per heavy atom. The molecule has 0 spiro atoms. The molecule has 0 amide bonds. The van der Waals surface area contributed by atoms with E-state index in [1.54, 1.807) is 6.08 Å². The Morgan fingerprint density at radius 2 is 2.56 bits per heavy atom. The van der Waals surface area contributed by atoms with Crippen molar-refractivity contribution < 1.29 is 4.79 Å². The molecule has 1 saturated carbocycles. The van der Waals surface area contributed by atoms with E-state index in [0.29, 0.717) is 5.78 Å². The summed E-state index contributed by atoms with van der Waals surface area (Å²) in [6.45, 7) is 5.70. The second-order valence-electron chi connectivity index (χ2n) is 2.64. The summed E-state index contributed by atoms with van der Waals surface area (Å²) < 4.78 is 0. The summed E-state index contributed by atoms with van der Waals surface area (Å²) in [5.41, 5.74) is -0.111. The predicted molar refractivity (Wildman–Crippen MR) is 37.2 cm³/mol. The first-order valence-corrected chi connectivity index (χ1v) is 3.42. The maximum Gasteiger partial charge on any atom is 0.142 e. The molecule has 0 heterocycles. The number of ketones is 1. The van der Waals surface area contributed by atoms with E-state index in [1.165, 1.54) is 0 Å². The van der Waals surface area contributed by atoms with Crippen LogP contribution in [0.2, 0.25) is 0 Å². The number of hydrogen-bond donors (Lipinski definition) is 0. The zero-order chi connectivity index (χ0) is 6.91. The van der Waals surface area contributed by atoms with E-state index in [1.807, 2.05) is 6.92 Å². The van der Waals surface area contributed by atoms with Crippen molar-refractivity contribution in [2.45, 2.75) is 26.2 Å². The van der Waals surface area contributed by atoms with Gasteiger partial charge in [0.2, 0.25) is 0 Å². The summed E-state index contributed by atoms with van der Waals surface area (Å²) in [4.78, 5) is 10.9. The number of hydrogen-bond acceptors (Lipinski definition) is 1. The molecule has 1 atom stereocenters. The topological polar surface area (TPSA) is 17.1 Å². The highest BCUT2D eigenvalue weighted by Crippen LogP contribution is 2.40. The molecule has 1 rings (SSSR count). The summed E-state index contributed by atoms with van der Waals surface area (Å²) in [5, 5.41) is 0. The van der Waals surface area contributed by atoms with Gasteiger partial charge in [0, 0.05) is 11.8 Å². The molecule has 1 unspecified atom stereocenters. The van der Waals surface area contributed by atoms with Gasteiger partial charge >= 0.3 is 0 Å². The maximum atomic E-state index is 10.9. The van der Waals surface area contributed by atoms with Crippen LogP contribution in [0, 0.1) is 5.41 Å². The standard InChI is InChI=1S/C8H12O/c1-3-8(4-2)6-5-7(8)9/h3H,1,4-6H2,2H3. The van der Waals surface area contributed by atoms with Crippen LogP contribution in [0.1, 0.15) is 26.2 Å². The molecule has 0 aromatic rings. The van der Waals surface area contributed by atoms with Crippen molar-refractivity contribution in [3.8, 4) is 0 Å². The lowest BCUT2D eigenvalue weighted by atomic mass is 9.66. The van der Waals surface area contributed by atoms with Gasteiger partial charge in [-0.2, -0.15) is 0 Å². The lowest BCUT2D eigenvalue weighted by Gasteiger charge is -2.35. The lowest BCUT2D eigenvalue weighted by molar-refractivity contribution is -0.134. The van der Waals surface area contributed by atoms with Crippen molar-refractivity contribution in [3.05, 3.63) is 12.7 Å². The zero-order valence-electron chi connectivity index (χ0n) is 5.81. The zero-order valence-corrected chi connectivity index (χ0v) is 5.81. The molecule has 0 aromatic carbocycles. The Bertz CT molecular complexity index is 145. The van der Waals surface area contributed by atoms with Gasteiger partial charge in [-0.15, -0.1) is 6.58 Å². The number of Topliss-reactive ketones (excluding diaryl/α,β-unsaturated/α-hetero) is 1. The van der Waals surface area contributed by atoms with Gasteiger partial charge in [0.05, 0.1) is 0 Å². The first-order valence-electron chi connectivity index (χ1n) is 3.42. The van der Waals surface area contributed by atoms with Crippen LogP contribution in [0.3, 0.4) is 0 Å². The average molecular weight is 124 g/mol. The molecule has 0 saturated heterocycles. The van der Waals surface area contributed by atoms with Gasteiger partial charge in [0.15, 0.2) is 0 Å². The van der Waals surface area contributed by atoms with E-state index in [4.69, 9.17) is 0 Å². The van der Waals surface area contributed by atoms with Crippen LogP contribution in [0.4, 0.5) is 0 Å². The van der Waals surface area contributed by atoms with Gasteiger partial charge in [0.25, 0.3) is 0 Å². The minimum atomic E-state index is -0.111. The molecular formula is C8H12O. The van der Waals surface area contributed by atoms with Crippen LogP contribution in [0.5, 0.6) is 0 Å². The SMILES string of the molecule is C=CC1(CC)CCC1=O. The summed E-state index contributed by atoms with van der Waals surface area (Å²) in [6, 6.07) is 0. The van der Waals surface area contributed by atoms with Crippen molar-refractivity contribution in [1.29, 1.82) is 0 Å². The van der Waals surface area contributed by atoms with Gasteiger partial charge < -0.3 is 0 Å². The molecule has 0 aliphatic heterocycles. The van der Waals surface area contributed by atoms with E-state index in [2.05, 4.69) is 6.58 Å². The second-order valence-corrected chi connectivity index (χ2v) is 2.64. The van der Waals surface area contributed by atoms with Crippen molar-refractivity contribution >= 4 is 5.78 Å². The predicted octanol–water partition coefficient (Wildman–Crippen LogP) is 1.93. The molecule has 0 radical (unpaired) electrons. The highest BCUT2D eigenvalue weighted by atomic mass is 16.1. The van der Waals surface area contributed by atoms with Crippen LogP contribution in [0.15, 0.2) is 12.7 Å². The number of allylic oxidation sites excluding steroid dienone is 1. The fraction of sp³-hybridized carbons (Fsp3) is 0.625. The second kappa shape index (κ2) is 1.98. The Kier molecular flexibility index (Phi) is 1.43. The number of rotatable bonds is 2. The third-order valence-electron chi connectivity index (χ3n) is 2.38. The molecule has 1 aliphatic rings. The maximum absolute atomic E-state index is 10.9. The largest absolute Gasteiger partial charge is 0.299 e. The first kappa shape index (κ1) is 6.53. The lowest BCUT2D eigenvalue weighted by Crippen LogP contribution is -2.37. The molecule has 1 aliphatic carbocycles. The molecule has 1 fully saturated rings. The third-order valence-corrected chi connectivity index (χ3v) is 2.38. The molecule has 50 valence electrons. The van der Waals surface area contributed by atoms with Crippen LogP contribution in [-0.4, -0.2) is 5.78 Å². The molecule has 0 aromatic heterocycles. The van der Waals surface area contributed by atoms with Gasteiger partial charge in [-0.25, -0.2) is 0 Å². The summed E-state index contributed by atoms with van der Waals surface area (Å²) in [7, 11) is 0. The van der Waals surface area contributed by atoms with Crippen LogP contribution < -0.4 is 0 Å². The Balaban J connectivity index is 2.69. The monoisotopic (exact) mass is 124 g/mol. The Hall–Kier alpha value is -0.590. The van der Waals surface area contributed by atoms with E-state index < -0.39 is 0 Å². The average Bonchev–Trinajstić information content (AvgIpc) is 1.89. The van der Waals surface area contributed by atoms with Crippen molar-refractivity contribution in [1.82, 2.24) is 0 Å². The van der Waals surface area contributed by atoms with Gasteiger partial charge in [0.1, 0.15) is 5.78 Å². The molecule has 1 nitrogen and oxygen atoms in total. The summed E-state index contributed by atoms with van der Waals surface area (Å²) in [5.74, 6) is 0.375. The van der Waals surface area contributed by atoms with Crippen LogP contribution in [0.25, 0.3) is 0 Å². The molecule has 9 heavy (non-hydrogen) atoms. The summed E-state index contributed by atoms with van der Waals surface area (Å²) in [6.07, 6.45) is 4.51. The normalized spacial score (nSPS) is 33.7. The highest BCUT2D eigenvalue weighted by Gasteiger charge is 2.41. The molecular weight excluding hydrogens is 112 g/mol. The fourth-order valence-corrected chi connectivity index (χ4v) is 1.28. The summed E-state index contributed by atoms with van der Waals surface area (Å²) >= 11 is 0. The van der Waals surface area contributed by atoms with E-state index in [0.717, 1.165) is 19.3 Å². The Morgan fingerprint density at radius 1 is 1.89 bits per heavy atom. The Labute approximate surface area is 55.8 Å². The quantitative estimate of drug-likeness (QED) is 0.514. The van der Waals surface area contributed by atoms with Gasteiger partial charge in [-0.3, -0.25) is 4.79 Å². The minimum absolute atomic E-state index is 0.111. The van der Waals surface area contributed by atoms with Crippen molar-refractivity contribution in [3.63, 3.8) is 0 Å². The smallest absolute Gasteiger partial charge is 0.142 e. The third kappa shape index (κ3) is 0.716. The van der Waals surface area contributed by atoms with Crippen LogP contribution in [-0.2, 0) is 4.79 Å². The molecule has 1 heteroatoms. The molecule has 0 bridgehead atoms. The highest BCUT2D eigenvalue weighted by molar-refractivity contribution is 5.92. The minimum Gasteiger partial charge on any atom is -0.299 e. The number of carbonyl (C=O) groups excluding carboxylic acids is 1. The fourth-order valence-electron chi connectivity index (χ4n) is 1.28. The number of carbonyl (C=O) groups is 1.